The van der Waals surface area contributed by atoms with Crippen LogP contribution in [0.25, 0.3) is 0 Å². The molecule has 102 valence electrons. The molecule has 0 aliphatic carbocycles. The molecular weight excluding hydrogens is 303 g/mol. The number of nitrogens with two attached hydrogens (primary N) is 1. The van der Waals surface area contributed by atoms with Gasteiger partial charge in [-0.1, -0.05) is 23.2 Å². The van der Waals surface area contributed by atoms with Crippen molar-refractivity contribution in [2.24, 2.45) is 5.84 Å². The van der Waals surface area contributed by atoms with Gasteiger partial charge in [-0.15, -0.1) is 11.3 Å². The fourth-order valence-electron chi connectivity index (χ4n) is 1.88. The summed E-state index contributed by atoms with van der Waals surface area (Å²) in [6, 6.07) is 7.27. The standard InChI is InChI=1S/C13H14Cl2N2OS/c1-18-12-4-5-19-13(12)11(17-16)7-8-6-9(14)2-3-10(8)15/h2-6,11,17H,7,16H2,1H3. The quantitative estimate of drug-likeness (QED) is 0.651. The van der Waals surface area contributed by atoms with E-state index in [9.17, 15) is 0 Å². The van der Waals surface area contributed by atoms with Gasteiger partial charge < -0.3 is 4.74 Å². The Hall–Kier alpha value is -0.780. The second-order valence-electron chi connectivity index (χ2n) is 4.01. The number of benzene rings is 1. The van der Waals surface area contributed by atoms with Crippen molar-refractivity contribution in [2.45, 2.75) is 12.5 Å². The average molecular weight is 317 g/mol. The third-order valence-electron chi connectivity index (χ3n) is 2.83. The molecule has 0 bridgehead atoms. The molecule has 6 heteroatoms. The summed E-state index contributed by atoms with van der Waals surface area (Å²) in [4.78, 5) is 1.04. The summed E-state index contributed by atoms with van der Waals surface area (Å²) >= 11 is 13.8. The second-order valence-corrected chi connectivity index (χ2v) is 5.80. The Bertz CT molecular complexity index is 559. The highest BCUT2D eigenvalue weighted by Crippen LogP contribution is 2.34. The van der Waals surface area contributed by atoms with Gasteiger partial charge in [-0.25, -0.2) is 0 Å². The molecule has 0 spiro atoms. The van der Waals surface area contributed by atoms with E-state index >= 15 is 0 Å². The van der Waals surface area contributed by atoms with E-state index in [-0.39, 0.29) is 6.04 Å². The van der Waals surface area contributed by atoms with Gasteiger partial charge in [-0.05, 0) is 41.6 Å². The lowest BCUT2D eigenvalue weighted by Crippen LogP contribution is -2.29. The highest BCUT2D eigenvalue weighted by atomic mass is 35.5. The summed E-state index contributed by atoms with van der Waals surface area (Å²) in [5.41, 5.74) is 3.75. The number of thiophene rings is 1. The van der Waals surface area contributed by atoms with E-state index in [2.05, 4.69) is 5.43 Å². The number of methoxy groups -OCH3 is 1. The van der Waals surface area contributed by atoms with Crippen molar-refractivity contribution in [3.05, 3.63) is 50.1 Å². The Kier molecular flexibility index (Phi) is 5.07. The lowest BCUT2D eigenvalue weighted by molar-refractivity contribution is 0.403. The summed E-state index contributed by atoms with van der Waals surface area (Å²) in [5, 5.41) is 3.31. The van der Waals surface area contributed by atoms with Crippen LogP contribution in [0.5, 0.6) is 5.75 Å². The Morgan fingerprint density at radius 3 is 2.84 bits per heavy atom. The van der Waals surface area contributed by atoms with E-state index in [1.807, 2.05) is 17.5 Å². The molecule has 0 aliphatic rings. The molecule has 2 rings (SSSR count). The molecule has 0 aliphatic heterocycles. The van der Waals surface area contributed by atoms with Gasteiger partial charge in [-0.3, -0.25) is 11.3 Å². The van der Waals surface area contributed by atoms with Crippen LogP contribution < -0.4 is 16.0 Å². The fraction of sp³-hybridized carbons (Fsp3) is 0.231. The van der Waals surface area contributed by atoms with Crippen LogP contribution in [0.1, 0.15) is 16.5 Å². The van der Waals surface area contributed by atoms with Gasteiger partial charge in [0, 0.05) is 10.0 Å². The van der Waals surface area contributed by atoms with Crippen LogP contribution in [0.15, 0.2) is 29.6 Å². The maximum Gasteiger partial charge on any atom is 0.134 e. The van der Waals surface area contributed by atoms with Crippen LogP contribution in [-0.4, -0.2) is 7.11 Å². The van der Waals surface area contributed by atoms with Crippen molar-refractivity contribution in [1.29, 1.82) is 0 Å². The molecule has 1 atom stereocenters. The number of halogens is 2. The number of nitrogens with one attached hydrogen (secondary N) is 1. The lowest BCUT2D eigenvalue weighted by atomic mass is 10.0. The number of hydrogen-bond acceptors (Lipinski definition) is 4. The minimum Gasteiger partial charge on any atom is -0.496 e. The zero-order valence-electron chi connectivity index (χ0n) is 10.3. The van der Waals surface area contributed by atoms with Crippen molar-refractivity contribution in [2.75, 3.05) is 7.11 Å². The first-order valence-electron chi connectivity index (χ1n) is 5.67. The summed E-state index contributed by atoms with van der Waals surface area (Å²) in [5.74, 6) is 6.47. The molecule has 2 aromatic rings. The zero-order chi connectivity index (χ0) is 13.8. The van der Waals surface area contributed by atoms with E-state index in [0.717, 1.165) is 16.2 Å². The second kappa shape index (κ2) is 6.59. The SMILES string of the molecule is COc1ccsc1C(Cc1cc(Cl)ccc1Cl)NN. The van der Waals surface area contributed by atoms with E-state index in [4.69, 9.17) is 33.8 Å². The van der Waals surface area contributed by atoms with Gasteiger partial charge >= 0.3 is 0 Å². The van der Waals surface area contributed by atoms with Crippen molar-refractivity contribution in [1.82, 2.24) is 5.43 Å². The molecule has 1 aromatic heterocycles. The molecule has 1 aromatic carbocycles. The highest BCUT2D eigenvalue weighted by molar-refractivity contribution is 7.10. The molecule has 3 N–H and O–H groups in total. The Morgan fingerprint density at radius 1 is 1.37 bits per heavy atom. The molecule has 0 amide bonds. The zero-order valence-corrected chi connectivity index (χ0v) is 12.6. The normalized spacial score (nSPS) is 12.4. The first-order valence-corrected chi connectivity index (χ1v) is 7.30. The van der Waals surface area contributed by atoms with Crippen LogP contribution >= 0.6 is 34.5 Å². The van der Waals surface area contributed by atoms with Crippen LogP contribution in [-0.2, 0) is 6.42 Å². The Balaban J connectivity index is 2.26. The maximum absolute atomic E-state index is 6.18. The van der Waals surface area contributed by atoms with Gasteiger partial charge in [0.15, 0.2) is 0 Å². The van der Waals surface area contributed by atoms with E-state index in [0.29, 0.717) is 16.5 Å². The van der Waals surface area contributed by atoms with Gasteiger partial charge in [0.05, 0.1) is 18.0 Å². The molecule has 0 saturated heterocycles. The monoisotopic (exact) mass is 316 g/mol. The maximum atomic E-state index is 6.18. The van der Waals surface area contributed by atoms with E-state index in [1.165, 1.54) is 0 Å². The van der Waals surface area contributed by atoms with Gasteiger partial charge in [0.25, 0.3) is 0 Å². The van der Waals surface area contributed by atoms with Crippen LogP contribution in [0, 0.1) is 0 Å². The topological polar surface area (TPSA) is 47.3 Å². The number of hydrogen-bond donors (Lipinski definition) is 2. The Labute approximate surface area is 126 Å². The van der Waals surface area contributed by atoms with E-state index < -0.39 is 0 Å². The third kappa shape index (κ3) is 3.41. The number of ether oxygens (including phenoxy) is 1. The van der Waals surface area contributed by atoms with E-state index in [1.54, 1.807) is 30.6 Å². The molecule has 0 fully saturated rings. The Morgan fingerprint density at radius 2 is 2.16 bits per heavy atom. The average Bonchev–Trinajstić information content (AvgIpc) is 2.88. The van der Waals surface area contributed by atoms with Crippen molar-refractivity contribution in [3.63, 3.8) is 0 Å². The molecule has 3 nitrogen and oxygen atoms in total. The minimum absolute atomic E-state index is 0.0640. The van der Waals surface area contributed by atoms with Gasteiger partial charge in [-0.2, -0.15) is 0 Å². The summed E-state index contributed by atoms with van der Waals surface area (Å²) in [6.45, 7) is 0. The molecular formula is C13H14Cl2N2OS. The molecule has 0 radical (unpaired) electrons. The third-order valence-corrected chi connectivity index (χ3v) is 4.44. The molecule has 19 heavy (non-hydrogen) atoms. The summed E-state index contributed by atoms with van der Waals surface area (Å²) < 4.78 is 5.32. The molecule has 1 heterocycles. The van der Waals surface area contributed by atoms with Crippen molar-refractivity contribution < 1.29 is 4.74 Å². The molecule has 0 saturated carbocycles. The first kappa shape index (κ1) is 14.6. The minimum atomic E-state index is -0.0640. The summed E-state index contributed by atoms with van der Waals surface area (Å²) in [7, 11) is 1.64. The fourth-order valence-corrected chi connectivity index (χ4v) is 3.19. The van der Waals surface area contributed by atoms with Crippen LogP contribution in [0.3, 0.4) is 0 Å². The number of hydrazine groups is 1. The first-order chi connectivity index (χ1) is 9.15. The number of rotatable bonds is 5. The van der Waals surface area contributed by atoms with Gasteiger partial charge in [0.1, 0.15) is 5.75 Å². The van der Waals surface area contributed by atoms with Gasteiger partial charge in [0.2, 0.25) is 0 Å². The predicted octanol–water partition coefficient (Wildman–Crippen LogP) is 3.81. The van der Waals surface area contributed by atoms with Crippen molar-refractivity contribution in [3.8, 4) is 5.75 Å². The highest BCUT2D eigenvalue weighted by Gasteiger charge is 2.18. The van der Waals surface area contributed by atoms with Crippen LogP contribution in [0.2, 0.25) is 10.0 Å². The molecule has 1 unspecified atom stereocenters. The van der Waals surface area contributed by atoms with Crippen LogP contribution in [0.4, 0.5) is 0 Å². The summed E-state index contributed by atoms with van der Waals surface area (Å²) in [6.07, 6.45) is 0.646. The predicted molar refractivity (Wildman–Crippen MR) is 81.1 cm³/mol. The van der Waals surface area contributed by atoms with Crippen molar-refractivity contribution >= 4 is 34.5 Å². The largest absolute Gasteiger partial charge is 0.496 e. The smallest absolute Gasteiger partial charge is 0.134 e. The lowest BCUT2D eigenvalue weighted by Gasteiger charge is -2.17.